The van der Waals surface area contributed by atoms with Crippen molar-refractivity contribution in [1.29, 1.82) is 0 Å². The first kappa shape index (κ1) is 14.6. The summed E-state index contributed by atoms with van der Waals surface area (Å²) in [5.74, 6) is -0.904. The summed E-state index contributed by atoms with van der Waals surface area (Å²) in [6.07, 6.45) is 0.430. The molecule has 0 aliphatic rings. The highest BCUT2D eigenvalue weighted by Crippen LogP contribution is 1.99. The second-order valence-electron chi connectivity index (χ2n) is 3.03. The Hall–Kier alpha value is -1.43. The van der Waals surface area contributed by atoms with Crippen LogP contribution in [-0.4, -0.2) is 50.1 Å². The van der Waals surface area contributed by atoms with Crippen LogP contribution in [0.1, 0.15) is 19.3 Å². The Kier molecular flexibility index (Phi) is 8.05. The van der Waals surface area contributed by atoms with Crippen molar-refractivity contribution < 1.29 is 24.2 Å². The zero-order valence-corrected chi connectivity index (χ0v) is 9.56. The van der Waals surface area contributed by atoms with Crippen LogP contribution in [0.15, 0.2) is 4.99 Å². The first-order valence-electron chi connectivity index (χ1n) is 4.90. The quantitative estimate of drug-likeness (QED) is 0.377. The largest absolute Gasteiger partial charge is 0.469 e. The van der Waals surface area contributed by atoms with Gasteiger partial charge >= 0.3 is 11.9 Å². The minimum atomic E-state index is -0.452. The average Bonchev–Trinajstić information content (AvgIpc) is 2.28. The predicted octanol–water partition coefficient (Wildman–Crippen LogP) is -0.0640. The minimum absolute atomic E-state index is 0.0211. The number of aliphatic hydroxyl groups excluding tert-OH is 1. The molecule has 0 heterocycles. The van der Waals surface area contributed by atoms with Gasteiger partial charge in [-0.15, -0.1) is 0 Å². The van der Waals surface area contributed by atoms with E-state index >= 15 is 0 Å². The van der Waals surface area contributed by atoms with Gasteiger partial charge in [0.1, 0.15) is 0 Å². The molecule has 0 bridgehead atoms. The van der Waals surface area contributed by atoms with Crippen LogP contribution >= 0.6 is 0 Å². The summed E-state index contributed by atoms with van der Waals surface area (Å²) in [4.78, 5) is 26.1. The molecule has 0 aliphatic carbocycles. The SMILES string of the molecule is COC(=O)CC(CC(=O)OC)=NCCCO. The van der Waals surface area contributed by atoms with Crippen LogP contribution in [0.2, 0.25) is 0 Å². The highest BCUT2D eigenvalue weighted by atomic mass is 16.5. The van der Waals surface area contributed by atoms with Crippen LogP contribution in [0.4, 0.5) is 0 Å². The van der Waals surface area contributed by atoms with Gasteiger partial charge in [-0.25, -0.2) is 0 Å². The lowest BCUT2D eigenvalue weighted by atomic mass is 10.2. The number of aliphatic imine (C=N–C) groups is 1. The van der Waals surface area contributed by atoms with Crippen molar-refractivity contribution in [3.63, 3.8) is 0 Å². The van der Waals surface area contributed by atoms with E-state index in [1.165, 1.54) is 14.2 Å². The summed E-state index contributed by atoms with van der Waals surface area (Å²) in [6, 6.07) is 0. The molecule has 0 amide bonds. The molecule has 0 atom stereocenters. The molecule has 0 aromatic rings. The van der Waals surface area contributed by atoms with Crippen LogP contribution in [0.3, 0.4) is 0 Å². The predicted molar refractivity (Wildman–Crippen MR) is 57.3 cm³/mol. The van der Waals surface area contributed by atoms with Crippen LogP contribution in [0.5, 0.6) is 0 Å². The van der Waals surface area contributed by atoms with Crippen LogP contribution in [0.25, 0.3) is 0 Å². The molecule has 0 unspecified atom stereocenters. The number of carbonyl (C=O) groups is 2. The van der Waals surface area contributed by atoms with Crippen molar-refractivity contribution in [3.8, 4) is 0 Å². The number of methoxy groups -OCH3 is 2. The lowest BCUT2D eigenvalue weighted by molar-refractivity contribution is -0.139. The van der Waals surface area contributed by atoms with Gasteiger partial charge in [0.05, 0.1) is 27.1 Å². The lowest BCUT2D eigenvalue weighted by Crippen LogP contribution is -2.15. The maximum Gasteiger partial charge on any atom is 0.311 e. The summed E-state index contributed by atoms with van der Waals surface area (Å²) >= 11 is 0. The molecule has 0 aliphatic heterocycles. The topological polar surface area (TPSA) is 85.2 Å². The van der Waals surface area contributed by atoms with E-state index in [4.69, 9.17) is 5.11 Å². The Balaban J connectivity index is 4.31. The molecule has 0 spiro atoms. The molecule has 0 fully saturated rings. The summed E-state index contributed by atoms with van der Waals surface area (Å²) in [5.41, 5.74) is 0.409. The summed E-state index contributed by atoms with van der Waals surface area (Å²) in [7, 11) is 2.54. The molecule has 0 rings (SSSR count). The first-order chi connectivity index (χ1) is 7.63. The zero-order chi connectivity index (χ0) is 12.4. The third-order valence-corrected chi connectivity index (χ3v) is 1.80. The Labute approximate surface area is 94.3 Å². The third-order valence-electron chi connectivity index (χ3n) is 1.80. The molecule has 6 nitrogen and oxygen atoms in total. The second kappa shape index (κ2) is 8.84. The standard InChI is InChI=1S/C10H17NO5/c1-15-9(13)6-8(7-10(14)16-2)11-4-3-5-12/h12H,3-7H2,1-2H3. The van der Waals surface area contributed by atoms with Crippen molar-refractivity contribution in [1.82, 2.24) is 0 Å². The first-order valence-corrected chi connectivity index (χ1v) is 4.90. The van der Waals surface area contributed by atoms with Crippen molar-refractivity contribution in [2.45, 2.75) is 19.3 Å². The van der Waals surface area contributed by atoms with E-state index in [1.54, 1.807) is 0 Å². The number of hydrogen-bond acceptors (Lipinski definition) is 6. The van der Waals surface area contributed by atoms with Gasteiger partial charge in [-0.2, -0.15) is 0 Å². The molecule has 0 saturated carbocycles. The maximum atomic E-state index is 11.0. The van der Waals surface area contributed by atoms with Gasteiger partial charge in [0.2, 0.25) is 0 Å². The van der Waals surface area contributed by atoms with E-state index in [0.717, 1.165) is 0 Å². The van der Waals surface area contributed by atoms with E-state index < -0.39 is 11.9 Å². The van der Waals surface area contributed by atoms with E-state index in [2.05, 4.69) is 14.5 Å². The molecule has 16 heavy (non-hydrogen) atoms. The number of hydrogen-bond donors (Lipinski definition) is 1. The smallest absolute Gasteiger partial charge is 0.311 e. The number of aliphatic hydroxyl groups is 1. The third kappa shape index (κ3) is 6.94. The highest BCUT2D eigenvalue weighted by molar-refractivity contribution is 6.06. The van der Waals surface area contributed by atoms with E-state index in [-0.39, 0.29) is 19.4 Å². The van der Waals surface area contributed by atoms with Crippen LogP contribution in [0, 0.1) is 0 Å². The lowest BCUT2D eigenvalue weighted by Gasteiger charge is -2.04. The summed E-state index contributed by atoms with van der Waals surface area (Å²) < 4.78 is 8.96. The Morgan fingerprint density at radius 2 is 1.62 bits per heavy atom. The van der Waals surface area contributed by atoms with Crippen LogP contribution in [-0.2, 0) is 19.1 Å². The van der Waals surface area contributed by atoms with Gasteiger partial charge in [0, 0.05) is 18.9 Å². The molecule has 92 valence electrons. The molecule has 6 heteroatoms. The fourth-order valence-electron chi connectivity index (χ4n) is 0.960. The monoisotopic (exact) mass is 231 g/mol. The summed E-state index contributed by atoms with van der Waals surface area (Å²) in [6.45, 7) is 0.396. The van der Waals surface area contributed by atoms with Crippen LogP contribution < -0.4 is 0 Å². The Morgan fingerprint density at radius 1 is 1.12 bits per heavy atom. The molecule has 0 aromatic heterocycles. The van der Waals surface area contributed by atoms with Gasteiger partial charge in [-0.05, 0) is 6.42 Å². The molecule has 0 saturated heterocycles. The fourth-order valence-corrected chi connectivity index (χ4v) is 0.960. The summed E-state index contributed by atoms with van der Waals surface area (Å²) in [5, 5.41) is 8.58. The van der Waals surface area contributed by atoms with E-state index in [1.807, 2.05) is 0 Å². The minimum Gasteiger partial charge on any atom is -0.469 e. The number of esters is 2. The van der Waals surface area contributed by atoms with E-state index in [0.29, 0.717) is 18.7 Å². The molecule has 0 aromatic carbocycles. The maximum absolute atomic E-state index is 11.0. The number of carbonyl (C=O) groups excluding carboxylic acids is 2. The molecule has 0 radical (unpaired) electrons. The molecular formula is C10H17NO5. The van der Waals surface area contributed by atoms with Gasteiger partial charge in [0.15, 0.2) is 0 Å². The highest BCUT2D eigenvalue weighted by Gasteiger charge is 2.12. The Morgan fingerprint density at radius 3 is 2.00 bits per heavy atom. The number of nitrogens with zero attached hydrogens (tertiary/aromatic N) is 1. The second-order valence-corrected chi connectivity index (χ2v) is 3.03. The zero-order valence-electron chi connectivity index (χ0n) is 9.56. The van der Waals surface area contributed by atoms with Gasteiger partial charge in [0.25, 0.3) is 0 Å². The van der Waals surface area contributed by atoms with Crippen molar-refractivity contribution in [2.24, 2.45) is 4.99 Å². The average molecular weight is 231 g/mol. The van der Waals surface area contributed by atoms with Gasteiger partial charge in [-0.3, -0.25) is 14.6 Å². The Bertz CT molecular complexity index is 242. The normalized spacial score (nSPS) is 9.44. The van der Waals surface area contributed by atoms with Gasteiger partial charge < -0.3 is 14.6 Å². The van der Waals surface area contributed by atoms with Crippen molar-refractivity contribution in [2.75, 3.05) is 27.4 Å². The molecule has 1 N–H and O–H groups in total. The number of rotatable bonds is 7. The van der Waals surface area contributed by atoms with Crippen molar-refractivity contribution >= 4 is 17.7 Å². The molecular weight excluding hydrogens is 214 g/mol. The van der Waals surface area contributed by atoms with E-state index in [9.17, 15) is 9.59 Å². The fraction of sp³-hybridized carbons (Fsp3) is 0.700. The van der Waals surface area contributed by atoms with Gasteiger partial charge in [-0.1, -0.05) is 0 Å². The number of ether oxygens (including phenoxy) is 2. The van der Waals surface area contributed by atoms with Crippen molar-refractivity contribution in [3.05, 3.63) is 0 Å².